The summed E-state index contributed by atoms with van der Waals surface area (Å²) >= 11 is 0. The predicted molar refractivity (Wildman–Crippen MR) is 269 cm³/mol. The van der Waals surface area contributed by atoms with E-state index in [1.807, 2.05) is 0 Å². The van der Waals surface area contributed by atoms with Crippen molar-refractivity contribution < 1.29 is 24.5 Å². The highest BCUT2D eigenvalue weighted by Crippen LogP contribution is 2.18. The van der Waals surface area contributed by atoms with E-state index in [0.717, 1.165) is 51.4 Å². The third-order valence-corrected chi connectivity index (χ3v) is 12.8. The summed E-state index contributed by atoms with van der Waals surface area (Å²) in [5, 5.41) is 23.8. The molecule has 0 radical (unpaired) electrons. The molecule has 3 atom stereocenters. The maximum Gasteiger partial charge on any atom is 0.306 e. The van der Waals surface area contributed by atoms with Crippen LogP contribution in [0.1, 0.15) is 297 Å². The Kier molecular flexibility index (Phi) is 49.0. The highest BCUT2D eigenvalue weighted by molar-refractivity contribution is 5.77. The van der Waals surface area contributed by atoms with E-state index in [0.29, 0.717) is 19.3 Å². The monoisotopic (exact) mass is 874 g/mol. The molecule has 3 unspecified atom stereocenters. The summed E-state index contributed by atoms with van der Waals surface area (Å²) in [6.07, 6.45) is 58.1. The molecule has 62 heavy (non-hydrogen) atoms. The number of aliphatic hydroxyl groups is 2. The molecule has 0 rings (SSSR count). The van der Waals surface area contributed by atoms with Gasteiger partial charge in [0.2, 0.25) is 5.91 Å². The Bertz CT molecular complexity index is 981. The fraction of sp³-hybridized carbons (Fsp3) is 0.893. The Morgan fingerprint density at radius 1 is 0.468 bits per heavy atom. The first kappa shape index (κ1) is 60.3. The van der Waals surface area contributed by atoms with Crippen LogP contribution in [0.5, 0.6) is 0 Å². The summed E-state index contributed by atoms with van der Waals surface area (Å²) in [5.41, 5.74) is 0. The molecule has 0 aliphatic heterocycles. The minimum Gasteiger partial charge on any atom is -0.462 e. The largest absolute Gasteiger partial charge is 0.462 e. The molecule has 6 heteroatoms. The number of esters is 1. The smallest absolute Gasteiger partial charge is 0.306 e. The van der Waals surface area contributed by atoms with Crippen LogP contribution in [-0.4, -0.2) is 46.9 Å². The van der Waals surface area contributed by atoms with E-state index in [-0.39, 0.29) is 24.9 Å². The minimum atomic E-state index is -0.786. The Morgan fingerprint density at radius 3 is 1.19 bits per heavy atom. The highest BCUT2D eigenvalue weighted by atomic mass is 16.5. The van der Waals surface area contributed by atoms with Crippen LogP contribution in [0.15, 0.2) is 24.3 Å². The zero-order valence-electron chi connectivity index (χ0n) is 41.8. The van der Waals surface area contributed by atoms with Gasteiger partial charge in [0.15, 0.2) is 0 Å². The van der Waals surface area contributed by atoms with Crippen molar-refractivity contribution >= 4 is 11.9 Å². The SMILES string of the molecule is CCCCCCCCC/C=C/C=C/CCCCCCCC(=O)OC(CCCCCCCCCCCCCC)CC(=O)NC(CO)C(O)CCCCCCCCCCCCCCC. The quantitative estimate of drug-likeness (QED) is 0.0321. The van der Waals surface area contributed by atoms with Gasteiger partial charge in [-0.25, -0.2) is 0 Å². The number of aliphatic hydroxyl groups excluding tert-OH is 2. The Hall–Kier alpha value is -1.66. The molecule has 0 bridgehead atoms. The number of hydrogen-bond acceptors (Lipinski definition) is 5. The molecule has 0 aromatic rings. The average molecular weight is 874 g/mol. The van der Waals surface area contributed by atoms with Gasteiger partial charge in [-0.05, 0) is 51.4 Å². The number of carbonyl (C=O) groups is 2. The topological polar surface area (TPSA) is 95.9 Å². The lowest BCUT2D eigenvalue weighted by molar-refractivity contribution is -0.151. The van der Waals surface area contributed by atoms with Crippen molar-refractivity contribution in [3.8, 4) is 0 Å². The van der Waals surface area contributed by atoms with E-state index in [1.165, 1.54) is 199 Å². The average Bonchev–Trinajstić information content (AvgIpc) is 3.26. The first-order valence-corrected chi connectivity index (χ1v) is 27.6. The Morgan fingerprint density at radius 2 is 0.806 bits per heavy atom. The molecule has 0 aromatic carbocycles. The van der Waals surface area contributed by atoms with Crippen molar-refractivity contribution in [3.05, 3.63) is 24.3 Å². The van der Waals surface area contributed by atoms with Crippen LogP contribution < -0.4 is 5.32 Å². The molecule has 0 aliphatic rings. The molecular formula is C56H107NO5. The van der Waals surface area contributed by atoms with Gasteiger partial charge in [-0.3, -0.25) is 9.59 Å². The first-order chi connectivity index (χ1) is 30.5. The molecule has 6 nitrogen and oxygen atoms in total. The maximum atomic E-state index is 13.2. The van der Waals surface area contributed by atoms with Gasteiger partial charge in [0, 0.05) is 6.42 Å². The summed E-state index contributed by atoms with van der Waals surface area (Å²) in [6.45, 7) is 6.50. The third-order valence-electron chi connectivity index (χ3n) is 12.8. The van der Waals surface area contributed by atoms with Crippen molar-refractivity contribution in [2.75, 3.05) is 6.61 Å². The van der Waals surface area contributed by atoms with Gasteiger partial charge in [0.25, 0.3) is 0 Å². The lowest BCUT2D eigenvalue weighted by atomic mass is 10.0. The van der Waals surface area contributed by atoms with Crippen LogP contribution in [-0.2, 0) is 14.3 Å². The van der Waals surface area contributed by atoms with Crippen molar-refractivity contribution in [1.82, 2.24) is 5.32 Å². The molecule has 1 amide bonds. The zero-order chi connectivity index (χ0) is 45.2. The van der Waals surface area contributed by atoms with Gasteiger partial charge in [0.1, 0.15) is 6.10 Å². The summed E-state index contributed by atoms with van der Waals surface area (Å²) in [6, 6.07) is -0.700. The molecule has 3 N–H and O–H groups in total. The van der Waals surface area contributed by atoms with Gasteiger partial charge in [-0.15, -0.1) is 0 Å². The molecular weight excluding hydrogens is 767 g/mol. The Labute approximate surface area is 386 Å². The molecule has 0 spiro atoms. The highest BCUT2D eigenvalue weighted by Gasteiger charge is 2.24. The van der Waals surface area contributed by atoms with E-state index >= 15 is 0 Å². The maximum absolute atomic E-state index is 13.2. The summed E-state index contributed by atoms with van der Waals surface area (Å²) in [7, 11) is 0. The number of unbranched alkanes of at least 4 members (excludes halogenated alkanes) is 35. The summed E-state index contributed by atoms with van der Waals surface area (Å²) in [4.78, 5) is 26.2. The van der Waals surface area contributed by atoms with E-state index in [2.05, 4.69) is 50.4 Å². The van der Waals surface area contributed by atoms with Crippen LogP contribution in [0.25, 0.3) is 0 Å². The molecule has 0 saturated carbocycles. The van der Waals surface area contributed by atoms with Crippen molar-refractivity contribution in [1.29, 1.82) is 0 Å². The summed E-state index contributed by atoms with van der Waals surface area (Å²) in [5.74, 6) is -0.475. The number of amides is 1. The molecule has 0 aliphatic carbocycles. The second-order valence-corrected chi connectivity index (χ2v) is 19.0. The van der Waals surface area contributed by atoms with Crippen LogP contribution >= 0.6 is 0 Å². The predicted octanol–water partition coefficient (Wildman–Crippen LogP) is 16.7. The van der Waals surface area contributed by atoms with E-state index in [1.54, 1.807) is 0 Å². The fourth-order valence-electron chi connectivity index (χ4n) is 8.60. The molecule has 0 fully saturated rings. The summed E-state index contributed by atoms with van der Waals surface area (Å²) < 4.78 is 5.94. The number of hydrogen-bond donors (Lipinski definition) is 3. The molecule has 366 valence electrons. The van der Waals surface area contributed by atoms with E-state index in [9.17, 15) is 19.8 Å². The second-order valence-electron chi connectivity index (χ2n) is 19.0. The van der Waals surface area contributed by atoms with Gasteiger partial charge < -0.3 is 20.3 Å². The van der Waals surface area contributed by atoms with Crippen LogP contribution in [0.4, 0.5) is 0 Å². The molecule has 0 heterocycles. The number of nitrogens with one attached hydrogen (secondary N) is 1. The van der Waals surface area contributed by atoms with Crippen LogP contribution in [0.2, 0.25) is 0 Å². The van der Waals surface area contributed by atoms with Crippen molar-refractivity contribution in [2.24, 2.45) is 0 Å². The van der Waals surface area contributed by atoms with Crippen LogP contribution in [0.3, 0.4) is 0 Å². The van der Waals surface area contributed by atoms with Gasteiger partial charge in [-0.2, -0.15) is 0 Å². The first-order valence-electron chi connectivity index (χ1n) is 27.6. The second kappa shape index (κ2) is 50.3. The Balaban J connectivity index is 4.52. The lowest BCUT2D eigenvalue weighted by Gasteiger charge is -2.24. The van der Waals surface area contributed by atoms with Gasteiger partial charge >= 0.3 is 5.97 Å². The number of rotatable bonds is 50. The lowest BCUT2D eigenvalue weighted by Crippen LogP contribution is -2.46. The normalized spacial score (nSPS) is 13.3. The molecule has 0 saturated heterocycles. The molecule has 0 aromatic heterocycles. The number of allylic oxidation sites excluding steroid dienone is 4. The van der Waals surface area contributed by atoms with E-state index in [4.69, 9.17) is 4.74 Å². The number of ether oxygens (including phenoxy) is 1. The van der Waals surface area contributed by atoms with E-state index < -0.39 is 18.2 Å². The van der Waals surface area contributed by atoms with Crippen molar-refractivity contribution in [3.63, 3.8) is 0 Å². The standard InChI is InChI=1S/C56H107NO5/c1-4-7-10-13-16-19-22-25-26-27-28-29-31-34-37-40-43-46-49-56(61)62-52(47-44-41-38-35-32-24-21-18-15-12-9-6-3)50-55(60)57-53(51-58)54(59)48-45-42-39-36-33-30-23-20-17-14-11-8-5-2/h26-29,52-54,58-59H,4-25,30-51H2,1-3H3,(H,57,60)/b27-26+,29-28+. The zero-order valence-corrected chi connectivity index (χ0v) is 41.8. The van der Waals surface area contributed by atoms with Gasteiger partial charge in [0.05, 0.1) is 25.2 Å². The fourth-order valence-corrected chi connectivity index (χ4v) is 8.60. The van der Waals surface area contributed by atoms with Crippen molar-refractivity contribution in [2.45, 2.75) is 315 Å². The van der Waals surface area contributed by atoms with Crippen LogP contribution in [0, 0.1) is 0 Å². The van der Waals surface area contributed by atoms with Gasteiger partial charge in [-0.1, -0.05) is 257 Å². The minimum absolute atomic E-state index is 0.0769. The third kappa shape index (κ3) is 44.9. The number of carbonyl (C=O) groups excluding carboxylic acids is 2.